The van der Waals surface area contributed by atoms with Gasteiger partial charge in [0.05, 0.1) is 29.3 Å². The van der Waals surface area contributed by atoms with E-state index in [2.05, 4.69) is 23.0 Å². The lowest BCUT2D eigenvalue weighted by molar-refractivity contribution is 0.0600. The Morgan fingerprint density at radius 2 is 1.97 bits per heavy atom. The van der Waals surface area contributed by atoms with E-state index >= 15 is 0 Å². The van der Waals surface area contributed by atoms with E-state index in [9.17, 15) is 23.2 Å². The molecule has 2 saturated heterocycles. The highest BCUT2D eigenvalue weighted by atomic mass is 35.5. The maximum atomic E-state index is 14.6. The first kappa shape index (κ1) is 24.4. The molecule has 0 radical (unpaired) electrons. The lowest BCUT2D eigenvalue weighted by Crippen LogP contribution is -2.39. The van der Waals surface area contributed by atoms with Gasteiger partial charge in [0.25, 0.3) is 5.91 Å². The summed E-state index contributed by atoms with van der Waals surface area (Å²) in [5.74, 6) is -3.99. The number of likely N-dealkylation sites (tertiary alicyclic amines) is 1. The number of halogens is 4. The summed E-state index contributed by atoms with van der Waals surface area (Å²) in [5, 5.41) is 13.0. The molecule has 5 rings (SSSR count). The van der Waals surface area contributed by atoms with Crippen molar-refractivity contribution in [2.24, 2.45) is 11.8 Å². The van der Waals surface area contributed by atoms with Crippen molar-refractivity contribution in [1.82, 2.24) is 19.5 Å². The zero-order valence-electron chi connectivity index (χ0n) is 19.8. The number of aryl methyl sites for hydroxylation is 1. The van der Waals surface area contributed by atoms with Crippen LogP contribution in [0.5, 0.6) is 0 Å². The Labute approximate surface area is 211 Å². The maximum Gasteiger partial charge on any atom is 0.257 e. The van der Waals surface area contributed by atoms with Gasteiger partial charge in [-0.1, -0.05) is 18.5 Å². The number of nitriles is 1. The molecule has 0 unspecified atom stereocenters. The topological polar surface area (TPSA) is 77.5 Å². The Morgan fingerprint density at radius 3 is 2.69 bits per heavy atom. The summed E-state index contributed by atoms with van der Waals surface area (Å²) in [6.07, 6.45) is 3.94. The van der Waals surface area contributed by atoms with Gasteiger partial charge in [-0.2, -0.15) is 10.4 Å². The van der Waals surface area contributed by atoms with Crippen molar-refractivity contribution in [3.63, 3.8) is 0 Å². The Balaban J connectivity index is 1.48. The van der Waals surface area contributed by atoms with Gasteiger partial charge in [0, 0.05) is 37.5 Å². The number of aromatic nitrogens is 3. The molecule has 3 aromatic rings. The minimum Gasteiger partial charge on any atom is -0.355 e. The summed E-state index contributed by atoms with van der Waals surface area (Å²) in [4.78, 5) is 21.6. The van der Waals surface area contributed by atoms with E-state index in [-0.39, 0.29) is 11.8 Å². The van der Waals surface area contributed by atoms with E-state index < -0.39 is 40.0 Å². The van der Waals surface area contributed by atoms with Crippen LogP contribution in [-0.4, -0.2) is 45.0 Å². The van der Waals surface area contributed by atoms with Gasteiger partial charge in [0.2, 0.25) is 0 Å². The molecule has 36 heavy (non-hydrogen) atoms. The standard InChI is InChI=1S/C25H24ClF3N6O/c1-13-10-33(12-15(13)9-30)24-14(2)11-35-20(31-24)8-18(32-35)19-5-3-4-6-34(19)25(36)16-7-17(27)23(29)21(26)22(16)28/h7-8,11,13,15,19H,3-6,10,12H2,1-2H3/t13-,15+,19-/m0/s1. The van der Waals surface area contributed by atoms with E-state index in [1.54, 1.807) is 10.6 Å². The number of rotatable bonds is 3. The van der Waals surface area contributed by atoms with Gasteiger partial charge in [-0.15, -0.1) is 0 Å². The molecule has 2 fully saturated rings. The summed E-state index contributed by atoms with van der Waals surface area (Å²) < 4.78 is 43.9. The fourth-order valence-electron chi connectivity index (χ4n) is 5.18. The molecule has 0 spiro atoms. The number of fused-ring (bicyclic) bond motifs is 1. The number of carbonyl (C=O) groups excluding carboxylic acids is 1. The average Bonchev–Trinajstić information content (AvgIpc) is 3.46. The van der Waals surface area contributed by atoms with Crippen molar-refractivity contribution in [2.75, 3.05) is 24.5 Å². The van der Waals surface area contributed by atoms with Gasteiger partial charge in [0.1, 0.15) is 10.8 Å². The second kappa shape index (κ2) is 9.28. The van der Waals surface area contributed by atoms with Crippen molar-refractivity contribution in [2.45, 2.75) is 39.2 Å². The molecular weight excluding hydrogens is 493 g/mol. The van der Waals surface area contributed by atoms with Crippen LogP contribution >= 0.6 is 11.6 Å². The van der Waals surface area contributed by atoms with Crippen LogP contribution < -0.4 is 4.90 Å². The van der Waals surface area contributed by atoms with Crippen molar-refractivity contribution in [3.05, 3.63) is 57.6 Å². The molecule has 0 aliphatic carbocycles. The van der Waals surface area contributed by atoms with Crippen LogP contribution in [0.25, 0.3) is 5.65 Å². The fourth-order valence-corrected chi connectivity index (χ4v) is 5.37. The average molecular weight is 517 g/mol. The first-order valence-corrected chi connectivity index (χ1v) is 12.2. The number of piperidine rings is 1. The van der Waals surface area contributed by atoms with Gasteiger partial charge < -0.3 is 9.80 Å². The SMILES string of the molecule is Cc1cn2nc([C@@H]3CCCCN3C(=O)c3cc(F)c(F)c(Cl)c3F)cc2nc1N1C[C@@H](C#N)[C@@H](C)C1. The smallest absolute Gasteiger partial charge is 0.257 e. The van der Waals surface area contributed by atoms with Crippen LogP contribution in [0.15, 0.2) is 18.3 Å². The van der Waals surface area contributed by atoms with Crippen molar-refractivity contribution < 1.29 is 18.0 Å². The third kappa shape index (κ3) is 4.05. The highest BCUT2D eigenvalue weighted by molar-refractivity contribution is 6.31. The lowest BCUT2D eigenvalue weighted by Gasteiger charge is -2.35. The number of carbonyl (C=O) groups is 1. The highest BCUT2D eigenvalue weighted by Crippen LogP contribution is 2.35. The van der Waals surface area contributed by atoms with Crippen LogP contribution in [-0.2, 0) is 0 Å². The van der Waals surface area contributed by atoms with Crippen molar-refractivity contribution in [1.29, 1.82) is 5.26 Å². The first-order chi connectivity index (χ1) is 17.2. The van der Waals surface area contributed by atoms with Crippen LogP contribution in [0, 0.1) is 47.5 Å². The molecule has 0 saturated carbocycles. The third-order valence-electron chi connectivity index (χ3n) is 7.14. The summed E-state index contributed by atoms with van der Waals surface area (Å²) in [6, 6.07) is 4.21. The zero-order chi connectivity index (χ0) is 25.7. The van der Waals surface area contributed by atoms with Crippen LogP contribution in [0.2, 0.25) is 5.02 Å². The number of benzene rings is 1. The van der Waals surface area contributed by atoms with E-state index in [1.807, 2.05) is 13.1 Å². The van der Waals surface area contributed by atoms with Gasteiger partial charge in [-0.25, -0.2) is 22.7 Å². The predicted molar refractivity (Wildman–Crippen MR) is 127 cm³/mol. The molecule has 188 valence electrons. The maximum absolute atomic E-state index is 14.6. The molecular formula is C25H24ClF3N6O. The molecule has 0 N–H and O–H groups in total. The van der Waals surface area contributed by atoms with Crippen molar-refractivity contribution in [3.8, 4) is 6.07 Å². The third-order valence-corrected chi connectivity index (χ3v) is 7.47. The summed E-state index contributed by atoms with van der Waals surface area (Å²) in [6.45, 7) is 5.63. The number of hydrogen-bond donors (Lipinski definition) is 0. The lowest BCUT2D eigenvalue weighted by atomic mass is 9.98. The Morgan fingerprint density at radius 1 is 1.19 bits per heavy atom. The molecule has 11 heteroatoms. The van der Waals surface area contributed by atoms with Gasteiger partial charge in [0.15, 0.2) is 23.1 Å². The van der Waals surface area contributed by atoms with Gasteiger partial charge >= 0.3 is 0 Å². The molecule has 0 bridgehead atoms. The van der Waals surface area contributed by atoms with E-state index in [0.29, 0.717) is 43.3 Å². The van der Waals surface area contributed by atoms with E-state index in [0.717, 1.165) is 24.3 Å². The molecule has 1 aromatic carbocycles. The summed E-state index contributed by atoms with van der Waals surface area (Å²) in [7, 11) is 0. The van der Waals surface area contributed by atoms with Crippen molar-refractivity contribution >= 4 is 29.0 Å². The van der Waals surface area contributed by atoms with Crippen LogP contribution in [0.1, 0.15) is 53.8 Å². The van der Waals surface area contributed by atoms with Gasteiger partial charge in [-0.3, -0.25) is 4.79 Å². The molecule has 1 amide bonds. The minimum absolute atomic E-state index is 0.0603. The number of anilines is 1. The fraction of sp³-hybridized carbons (Fsp3) is 0.440. The summed E-state index contributed by atoms with van der Waals surface area (Å²) >= 11 is 5.58. The molecule has 2 aliphatic rings. The Kier molecular flexibility index (Phi) is 6.29. The molecule has 3 atom stereocenters. The van der Waals surface area contributed by atoms with Crippen LogP contribution in [0.3, 0.4) is 0 Å². The summed E-state index contributed by atoms with van der Waals surface area (Å²) in [5.41, 5.74) is 1.45. The van der Waals surface area contributed by atoms with Gasteiger partial charge in [-0.05, 0) is 38.2 Å². The molecule has 2 aliphatic heterocycles. The Hall–Kier alpha value is -3.32. The largest absolute Gasteiger partial charge is 0.355 e. The predicted octanol–water partition coefficient (Wildman–Crippen LogP) is 5.07. The zero-order valence-corrected chi connectivity index (χ0v) is 20.6. The Bertz CT molecular complexity index is 1400. The number of hydrogen-bond acceptors (Lipinski definition) is 5. The highest BCUT2D eigenvalue weighted by Gasteiger charge is 2.34. The normalized spacial score (nSPS) is 22.3. The molecule has 7 nitrogen and oxygen atoms in total. The number of amides is 1. The van der Waals surface area contributed by atoms with Crippen LogP contribution in [0.4, 0.5) is 19.0 Å². The monoisotopic (exact) mass is 516 g/mol. The van der Waals surface area contributed by atoms with E-state index in [4.69, 9.17) is 16.6 Å². The van der Waals surface area contributed by atoms with E-state index in [1.165, 1.54) is 4.90 Å². The number of nitrogens with zero attached hydrogens (tertiary/aromatic N) is 6. The molecule has 4 heterocycles. The second-order valence-corrected chi connectivity index (χ2v) is 9.97. The quantitative estimate of drug-likeness (QED) is 0.359. The first-order valence-electron chi connectivity index (χ1n) is 11.8. The molecule has 2 aromatic heterocycles. The second-order valence-electron chi connectivity index (χ2n) is 9.60. The minimum atomic E-state index is -1.52.